The molecule has 0 aliphatic carbocycles. The Hall–Kier alpha value is -1.16. The van der Waals surface area contributed by atoms with Gasteiger partial charge in [-0.25, -0.2) is 8.78 Å². The molecule has 84 valence electrons. The summed E-state index contributed by atoms with van der Waals surface area (Å²) in [6.45, 7) is 1.92. The molecule has 0 heterocycles. The molecule has 0 bridgehead atoms. The van der Waals surface area contributed by atoms with Crippen LogP contribution >= 0.6 is 0 Å². The standard InChI is InChI=1S/C11H15F2NO/c1-3-4-10(14)11-8(12)5-7(15-2)6-9(11)13/h5-6,10H,3-4,14H2,1-2H3/t10-/m1/s1. The van der Waals surface area contributed by atoms with Crippen molar-refractivity contribution in [3.63, 3.8) is 0 Å². The molecule has 0 radical (unpaired) electrons. The van der Waals surface area contributed by atoms with Gasteiger partial charge in [-0.2, -0.15) is 0 Å². The number of hydrogen-bond donors (Lipinski definition) is 1. The van der Waals surface area contributed by atoms with Crippen LogP contribution in [-0.2, 0) is 0 Å². The van der Waals surface area contributed by atoms with Crippen LogP contribution in [0.5, 0.6) is 5.75 Å². The molecule has 4 heteroatoms. The Morgan fingerprint density at radius 2 is 1.87 bits per heavy atom. The van der Waals surface area contributed by atoms with Crippen LogP contribution in [0.2, 0.25) is 0 Å². The summed E-state index contributed by atoms with van der Waals surface area (Å²) in [5.41, 5.74) is 5.62. The van der Waals surface area contributed by atoms with E-state index in [1.807, 2.05) is 6.92 Å². The Labute approximate surface area is 88.0 Å². The Bertz CT molecular complexity index is 318. The predicted molar refractivity (Wildman–Crippen MR) is 54.7 cm³/mol. The Balaban J connectivity index is 3.07. The summed E-state index contributed by atoms with van der Waals surface area (Å²) >= 11 is 0. The fraction of sp³-hybridized carbons (Fsp3) is 0.455. The number of halogens is 2. The quantitative estimate of drug-likeness (QED) is 0.838. The fourth-order valence-corrected chi connectivity index (χ4v) is 1.49. The van der Waals surface area contributed by atoms with E-state index >= 15 is 0 Å². The average molecular weight is 215 g/mol. The van der Waals surface area contributed by atoms with Gasteiger partial charge in [-0.15, -0.1) is 0 Å². The van der Waals surface area contributed by atoms with Gasteiger partial charge in [0.15, 0.2) is 0 Å². The minimum atomic E-state index is -0.646. The van der Waals surface area contributed by atoms with E-state index in [1.165, 1.54) is 7.11 Å². The van der Waals surface area contributed by atoms with Crippen molar-refractivity contribution in [3.05, 3.63) is 29.3 Å². The Kier molecular flexibility index (Phi) is 4.03. The van der Waals surface area contributed by atoms with Crippen molar-refractivity contribution >= 4 is 0 Å². The maximum Gasteiger partial charge on any atom is 0.134 e. The first-order valence-corrected chi connectivity index (χ1v) is 4.88. The largest absolute Gasteiger partial charge is 0.497 e. The minimum Gasteiger partial charge on any atom is -0.497 e. The molecule has 0 amide bonds. The molecule has 1 aromatic carbocycles. The lowest BCUT2D eigenvalue weighted by molar-refractivity contribution is 0.403. The van der Waals surface area contributed by atoms with E-state index in [9.17, 15) is 8.78 Å². The van der Waals surface area contributed by atoms with Gasteiger partial charge in [0.05, 0.1) is 7.11 Å². The molecule has 0 aliphatic heterocycles. The smallest absolute Gasteiger partial charge is 0.134 e. The van der Waals surface area contributed by atoms with E-state index in [0.717, 1.165) is 18.6 Å². The topological polar surface area (TPSA) is 35.2 Å². The molecule has 1 aromatic rings. The first-order valence-electron chi connectivity index (χ1n) is 4.88. The molecule has 0 unspecified atom stereocenters. The van der Waals surface area contributed by atoms with Crippen molar-refractivity contribution in [2.24, 2.45) is 5.73 Å². The van der Waals surface area contributed by atoms with Gasteiger partial charge in [-0.05, 0) is 6.42 Å². The number of methoxy groups -OCH3 is 1. The van der Waals surface area contributed by atoms with E-state index in [0.29, 0.717) is 6.42 Å². The fourth-order valence-electron chi connectivity index (χ4n) is 1.49. The maximum atomic E-state index is 13.5. The summed E-state index contributed by atoms with van der Waals surface area (Å²) in [6, 6.07) is 1.70. The van der Waals surface area contributed by atoms with Crippen LogP contribution in [-0.4, -0.2) is 7.11 Å². The molecule has 0 saturated carbocycles. The Morgan fingerprint density at radius 3 is 2.27 bits per heavy atom. The highest BCUT2D eigenvalue weighted by Gasteiger charge is 2.17. The van der Waals surface area contributed by atoms with Crippen molar-refractivity contribution in [2.75, 3.05) is 7.11 Å². The third-order valence-electron chi connectivity index (χ3n) is 2.26. The molecule has 0 spiro atoms. The van der Waals surface area contributed by atoms with Gasteiger partial charge in [-0.1, -0.05) is 13.3 Å². The van der Waals surface area contributed by atoms with Gasteiger partial charge in [0.1, 0.15) is 17.4 Å². The second-order valence-corrected chi connectivity index (χ2v) is 3.40. The van der Waals surface area contributed by atoms with E-state index in [1.54, 1.807) is 0 Å². The normalized spacial score (nSPS) is 12.6. The predicted octanol–water partition coefficient (Wildman–Crippen LogP) is 2.77. The van der Waals surface area contributed by atoms with Gasteiger partial charge in [-0.3, -0.25) is 0 Å². The zero-order valence-corrected chi connectivity index (χ0v) is 8.89. The van der Waals surface area contributed by atoms with Gasteiger partial charge in [0, 0.05) is 23.7 Å². The first-order chi connectivity index (χ1) is 7.10. The van der Waals surface area contributed by atoms with Crippen LogP contribution in [0.1, 0.15) is 31.4 Å². The van der Waals surface area contributed by atoms with Crippen LogP contribution in [0.25, 0.3) is 0 Å². The molecule has 1 rings (SSSR count). The van der Waals surface area contributed by atoms with Crippen LogP contribution in [0.3, 0.4) is 0 Å². The SMILES string of the molecule is CCC[C@@H](N)c1c(F)cc(OC)cc1F. The highest BCUT2D eigenvalue weighted by molar-refractivity contribution is 5.32. The molecule has 0 aromatic heterocycles. The van der Waals surface area contributed by atoms with Crippen LogP contribution in [0.4, 0.5) is 8.78 Å². The highest BCUT2D eigenvalue weighted by Crippen LogP contribution is 2.26. The number of hydrogen-bond acceptors (Lipinski definition) is 2. The Morgan fingerprint density at radius 1 is 1.33 bits per heavy atom. The maximum absolute atomic E-state index is 13.5. The monoisotopic (exact) mass is 215 g/mol. The van der Waals surface area contributed by atoms with Crippen molar-refractivity contribution in [3.8, 4) is 5.75 Å². The average Bonchev–Trinajstić information content (AvgIpc) is 2.16. The lowest BCUT2D eigenvalue weighted by atomic mass is 10.0. The number of rotatable bonds is 4. The molecule has 0 fully saturated rings. The second-order valence-electron chi connectivity index (χ2n) is 3.40. The van der Waals surface area contributed by atoms with E-state index < -0.39 is 17.7 Å². The summed E-state index contributed by atoms with van der Waals surface area (Å²) in [4.78, 5) is 0. The minimum absolute atomic E-state index is 0.0577. The molecular formula is C11H15F2NO. The zero-order valence-electron chi connectivity index (χ0n) is 8.89. The summed E-state index contributed by atoms with van der Waals surface area (Å²) in [7, 11) is 1.36. The number of benzene rings is 1. The summed E-state index contributed by atoms with van der Waals surface area (Å²) in [6.07, 6.45) is 1.34. The number of nitrogens with two attached hydrogens (primary N) is 1. The lowest BCUT2D eigenvalue weighted by Crippen LogP contribution is -2.14. The van der Waals surface area contributed by atoms with Crippen molar-refractivity contribution in [2.45, 2.75) is 25.8 Å². The lowest BCUT2D eigenvalue weighted by Gasteiger charge is -2.13. The zero-order chi connectivity index (χ0) is 11.4. The van der Waals surface area contributed by atoms with Gasteiger partial charge >= 0.3 is 0 Å². The van der Waals surface area contributed by atoms with Gasteiger partial charge < -0.3 is 10.5 Å². The van der Waals surface area contributed by atoms with Crippen molar-refractivity contribution in [1.82, 2.24) is 0 Å². The molecule has 1 atom stereocenters. The molecule has 0 saturated heterocycles. The summed E-state index contributed by atoms with van der Waals surface area (Å²) in [5.74, 6) is -1.13. The van der Waals surface area contributed by atoms with Crippen molar-refractivity contribution in [1.29, 1.82) is 0 Å². The summed E-state index contributed by atoms with van der Waals surface area (Å²) < 4.78 is 31.7. The highest BCUT2D eigenvalue weighted by atomic mass is 19.1. The van der Waals surface area contributed by atoms with Gasteiger partial charge in [0.2, 0.25) is 0 Å². The second kappa shape index (κ2) is 5.07. The first kappa shape index (κ1) is 11.9. The van der Waals surface area contributed by atoms with E-state index in [4.69, 9.17) is 10.5 Å². The van der Waals surface area contributed by atoms with Crippen LogP contribution in [0.15, 0.2) is 12.1 Å². The van der Waals surface area contributed by atoms with Crippen LogP contribution in [0, 0.1) is 11.6 Å². The van der Waals surface area contributed by atoms with Crippen molar-refractivity contribution < 1.29 is 13.5 Å². The molecule has 0 aliphatic rings. The summed E-state index contributed by atoms with van der Waals surface area (Å²) in [5, 5.41) is 0. The number of ether oxygens (including phenoxy) is 1. The molecule has 2 N–H and O–H groups in total. The van der Waals surface area contributed by atoms with Gasteiger partial charge in [0.25, 0.3) is 0 Å². The van der Waals surface area contributed by atoms with Crippen LogP contribution < -0.4 is 10.5 Å². The third kappa shape index (κ3) is 2.65. The molecule has 15 heavy (non-hydrogen) atoms. The third-order valence-corrected chi connectivity index (χ3v) is 2.26. The molecular weight excluding hydrogens is 200 g/mol. The van der Waals surface area contributed by atoms with E-state index in [-0.39, 0.29) is 11.3 Å². The molecule has 2 nitrogen and oxygen atoms in total. The van der Waals surface area contributed by atoms with E-state index in [2.05, 4.69) is 0 Å².